The van der Waals surface area contributed by atoms with Crippen molar-refractivity contribution in [3.8, 4) is 50.2 Å². The van der Waals surface area contributed by atoms with Crippen molar-refractivity contribution >= 4 is 49.6 Å². The summed E-state index contributed by atoms with van der Waals surface area (Å²) in [5.74, 6) is 0. The minimum absolute atomic E-state index is 0.0850. The Morgan fingerprint density at radius 2 is 0.825 bits per heavy atom. The number of anilines is 3. The highest BCUT2D eigenvalue weighted by molar-refractivity contribution is 6.09. The number of aromatic nitrogens is 1. The maximum atomic E-state index is 2.41. The van der Waals surface area contributed by atoms with Crippen LogP contribution in [0.5, 0.6) is 0 Å². The van der Waals surface area contributed by atoms with Crippen molar-refractivity contribution in [3.63, 3.8) is 0 Å². The number of hydrogen-bond acceptors (Lipinski definition) is 1. The molecule has 0 bridgehead atoms. The fourth-order valence-corrected chi connectivity index (χ4v) is 10.4. The van der Waals surface area contributed by atoms with Gasteiger partial charge in [0.1, 0.15) is 0 Å². The lowest BCUT2D eigenvalue weighted by molar-refractivity contribution is 0.662. The van der Waals surface area contributed by atoms with Crippen molar-refractivity contribution in [1.29, 1.82) is 0 Å². The van der Waals surface area contributed by atoms with Crippen molar-refractivity contribution in [3.05, 3.63) is 242 Å². The largest absolute Gasteiger partial charge is 0.310 e. The number of para-hydroxylation sites is 3. The zero-order valence-electron chi connectivity index (χ0n) is 35.3. The fourth-order valence-electron chi connectivity index (χ4n) is 10.4. The Bertz CT molecular complexity index is 3460. The van der Waals surface area contributed by atoms with Gasteiger partial charge in [0, 0.05) is 38.8 Å². The zero-order chi connectivity index (χ0) is 42.1. The number of benzene rings is 10. The van der Waals surface area contributed by atoms with Gasteiger partial charge in [0.05, 0.1) is 16.7 Å². The maximum Gasteiger partial charge on any atom is 0.0541 e. The lowest BCUT2D eigenvalue weighted by Gasteiger charge is -2.27. The van der Waals surface area contributed by atoms with Gasteiger partial charge in [-0.05, 0) is 115 Å². The van der Waals surface area contributed by atoms with Gasteiger partial charge in [0.15, 0.2) is 0 Å². The normalized spacial score (nSPS) is 12.7. The molecule has 11 aromatic rings. The van der Waals surface area contributed by atoms with Gasteiger partial charge in [0.25, 0.3) is 0 Å². The predicted molar refractivity (Wildman–Crippen MR) is 267 cm³/mol. The molecule has 0 spiro atoms. The Kier molecular flexibility index (Phi) is 8.55. The van der Waals surface area contributed by atoms with Gasteiger partial charge in [-0.25, -0.2) is 0 Å². The molecule has 0 atom stereocenters. The van der Waals surface area contributed by atoms with E-state index in [0.717, 1.165) is 17.1 Å². The molecule has 0 fully saturated rings. The van der Waals surface area contributed by atoms with Gasteiger partial charge < -0.3 is 9.47 Å². The summed E-state index contributed by atoms with van der Waals surface area (Å²) in [5.41, 5.74) is 19.6. The van der Waals surface area contributed by atoms with Crippen LogP contribution in [0.4, 0.5) is 17.1 Å². The van der Waals surface area contributed by atoms with Crippen molar-refractivity contribution in [2.75, 3.05) is 4.90 Å². The second kappa shape index (κ2) is 14.6. The number of nitrogens with zero attached hydrogens (tertiary/aromatic N) is 2. The Morgan fingerprint density at radius 3 is 1.52 bits per heavy atom. The van der Waals surface area contributed by atoms with Gasteiger partial charge in [-0.15, -0.1) is 0 Å². The molecule has 2 nitrogen and oxygen atoms in total. The first-order chi connectivity index (χ1) is 31.0. The molecule has 1 aliphatic carbocycles. The Morgan fingerprint density at radius 1 is 0.349 bits per heavy atom. The number of hydrogen-bond donors (Lipinski definition) is 0. The molecule has 2 heteroatoms. The molecule has 1 heterocycles. The highest BCUT2D eigenvalue weighted by Crippen LogP contribution is 2.52. The third-order valence-electron chi connectivity index (χ3n) is 13.4. The van der Waals surface area contributed by atoms with Crippen LogP contribution >= 0.6 is 0 Å². The maximum absolute atomic E-state index is 2.41. The summed E-state index contributed by atoms with van der Waals surface area (Å²) in [5, 5.41) is 4.98. The van der Waals surface area contributed by atoms with Gasteiger partial charge >= 0.3 is 0 Å². The van der Waals surface area contributed by atoms with E-state index in [1.807, 2.05) is 0 Å². The molecule has 1 aliphatic rings. The summed E-state index contributed by atoms with van der Waals surface area (Å²) in [6.45, 7) is 4.73. The second-order valence-electron chi connectivity index (χ2n) is 17.3. The van der Waals surface area contributed by atoms with E-state index in [9.17, 15) is 0 Å². The molecule has 1 aromatic heterocycles. The van der Waals surface area contributed by atoms with E-state index in [1.165, 1.54) is 93.9 Å². The van der Waals surface area contributed by atoms with E-state index < -0.39 is 0 Å². The molecule has 0 amide bonds. The standard InChI is InChI=1S/C61H44N2/c1-61(2)56-22-9-5-17-52(56)55-21-13-20-51(60(55)61)45-33-37-48(38-34-45)62(49-39-32-41-14-3-4-15-46(41)40-49)47-35-30-43(31-36-47)42-26-28-44(29-27-42)50-16-6-10-23-57(50)63-58-24-11-7-18-53(58)54-19-8-12-25-59(54)63/h3-40H,1-2H3. The van der Waals surface area contributed by atoms with Gasteiger partial charge in [-0.3, -0.25) is 0 Å². The molecule has 298 valence electrons. The first-order valence-electron chi connectivity index (χ1n) is 21.9. The van der Waals surface area contributed by atoms with E-state index in [4.69, 9.17) is 0 Å². The van der Waals surface area contributed by atoms with Crippen molar-refractivity contribution in [2.24, 2.45) is 0 Å². The highest BCUT2D eigenvalue weighted by Gasteiger charge is 2.37. The number of rotatable bonds is 7. The van der Waals surface area contributed by atoms with Crippen LogP contribution in [0.1, 0.15) is 25.0 Å². The van der Waals surface area contributed by atoms with Crippen LogP contribution in [0.15, 0.2) is 231 Å². The molecule has 0 N–H and O–H groups in total. The third-order valence-corrected chi connectivity index (χ3v) is 13.4. The summed E-state index contributed by atoms with van der Waals surface area (Å²) in [6, 6.07) is 84.5. The van der Waals surface area contributed by atoms with E-state index in [-0.39, 0.29) is 5.41 Å². The van der Waals surface area contributed by atoms with E-state index in [1.54, 1.807) is 0 Å². The average molecular weight is 805 g/mol. The smallest absolute Gasteiger partial charge is 0.0541 e. The summed E-state index contributed by atoms with van der Waals surface area (Å²) in [6.07, 6.45) is 0. The van der Waals surface area contributed by atoms with Crippen LogP contribution in [0.2, 0.25) is 0 Å². The lowest BCUT2D eigenvalue weighted by atomic mass is 9.79. The van der Waals surface area contributed by atoms with Gasteiger partial charge in [-0.1, -0.05) is 190 Å². The summed E-state index contributed by atoms with van der Waals surface area (Å²) < 4.78 is 2.41. The molecule has 0 saturated heterocycles. The third kappa shape index (κ3) is 6.02. The van der Waals surface area contributed by atoms with Crippen molar-refractivity contribution in [1.82, 2.24) is 4.57 Å². The molecule has 0 saturated carbocycles. The molecule has 63 heavy (non-hydrogen) atoms. The Hall–Kier alpha value is -7.94. The monoisotopic (exact) mass is 804 g/mol. The molecular weight excluding hydrogens is 761 g/mol. The SMILES string of the molecule is CC1(C)c2ccccc2-c2cccc(-c3ccc(N(c4ccc(-c5ccc(-c6ccccc6-n6c7ccccc7c7ccccc76)cc5)cc4)c4ccc5ccccc5c4)cc3)c21. The van der Waals surface area contributed by atoms with E-state index in [0.29, 0.717) is 0 Å². The van der Waals surface area contributed by atoms with E-state index in [2.05, 4.69) is 254 Å². The lowest BCUT2D eigenvalue weighted by Crippen LogP contribution is -2.16. The molecule has 12 rings (SSSR count). The first-order valence-corrected chi connectivity index (χ1v) is 21.9. The Labute approximate surface area is 368 Å². The van der Waals surface area contributed by atoms with Crippen LogP contribution in [-0.4, -0.2) is 4.57 Å². The topological polar surface area (TPSA) is 8.17 Å². The molecular formula is C61H44N2. The first kappa shape index (κ1) is 36.9. The summed E-state index contributed by atoms with van der Waals surface area (Å²) in [4.78, 5) is 2.38. The predicted octanol–water partition coefficient (Wildman–Crippen LogP) is 16.7. The summed E-state index contributed by atoms with van der Waals surface area (Å²) in [7, 11) is 0. The average Bonchev–Trinajstić information content (AvgIpc) is 3.80. The quantitative estimate of drug-likeness (QED) is 0.156. The second-order valence-corrected chi connectivity index (χ2v) is 17.3. The highest BCUT2D eigenvalue weighted by atomic mass is 15.1. The molecule has 0 unspecified atom stereocenters. The van der Waals surface area contributed by atoms with Crippen molar-refractivity contribution in [2.45, 2.75) is 19.3 Å². The van der Waals surface area contributed by atoms with E-state index >= 15 is 0 Å². The Balaban J connectivity index is 0.890. The van der Waals surface area contributed by atoms with Crippen LogP contribution in [0.3, 0.4) is 0 Å². The van der Waals surface area contributed by atoms with Crippen molar-refractivity contribution < 1.29 is 0 Å². The van der Waals surface area contributed by atoms with Crippen LogP contribution in [0.25, 0.3) is 82.8 Å². The van der Waals surface area contributed by atoms with Gasteiger partial charge in [0.2, 0.25) is 0 Å². The molecule has 0 radical (unpaired) electrons. The minimum atomic E-state index is -0.0850. The molecule has 10 aromatic carbocycles. The van der Waals surface area contributed by atoms with Crippen LogP contribution < -0.4 is 4.90 Å². The van der Waals surface area contributed by atoms with Crippen LogP contribution in [0, 0.1) is 0 Å². The van der Waals surface area contributed by atoms with Crippen LogP contribution in [-0.2, 0) is 5.41 Å². The summed E-state index contributed by atoms with van der Waals surface area (Å²) >= 11 is 0. The molecule has 0 aliphatic heterocycles. The fraction of sp³-hybridized carbons (Fsp3) is 0.0492. The minimum Gasteiger partial charge on any atom is -0.310 e. The zero-order valence-corrected chi connectivity index (χ0v) is 35.3. The number of fused-ring (bicyclic) bond motifs is 7. The van der Waals surface area contributed by atoms with Gasteiger partial charge in [-0.2, -0.15) is 0 Å².